The normalized spacial score (nSPS) is 10.7. The lowest BCUT2D eigenvalue weighted by Crippen LogP contribution is -2.28. The molecule has 9 heteroatoms. The monoisotopic (exact) mass is 469 g/mol. The maximum Gasteiger partial charge on any atom is 0.319 e. The second kappa shape index (κ2) is 9.30. The molecule has 0 spiro atoms. The minimum atomic E-state index is -0.480. The number of amides is 2. The molecule has 4 aromatic rings. The highest BCUT2D eigenvalue weighted by molar-refractivity contribution is 6.30. The number of aromatic nitrogens is 2. The lowest BCUT2D eigenvalue weighted by Gasteiger charge is -2.09. The van der Waals surface area contributed by atoms with Crippen LogP contribution in [0.5, 0.6) is 0 Å². The van der Waals surface area contributed by atoms with Crippen LogP contribution in [0.1, 0.15) is 5.56 Å². The van der Waals surface area contributed by atoms with E-state index in [1.165, 1.54) is 16.8 Å². The van der Waals surface area contributed by atoms with E-state index in [4.69, 9.17) is 28.9 Å². The van der Waals surface area contributed by atoms with E-state index in [-0.39, 0.29) is 18.2 Å². The molecule has 4 N–H and O–H groups in total. The highest BCUT2D eigenvalue weighted by Crippen LogP contribution is 2.34. The molecule has 0 bridgehead atoms. The molecular formula is C23H18Cl2FN5O. The van der Waals surface area contributed by atoms with Gasteiger partial charge in [0.05, 0.1) is 5.69 Å². The maximum atomic E-state index is 13.1. The zero-order valence-electron chi connectivity index (χ0n) is 16.6. The van der Waals surface area contributed by atoms with E-state index in [1.54, 1.807) is 60.7 Å². The van der Waals surface area contributed by atoms with Crippen molar-refractivity contribution in [3.63, 3.8) is 0 Å². The van der Waals surface area contributed by atoms with E-state index >= 15 is 0 Å². The molecule has 0 unspecified atom stereocenters. The predicted molar refractivity (Wildman–Crippen MR) is 126 cm³/mol. The summed E-state index contributed by atoms with van der Waals surface area (Å²) in [6, 6.07) is 19.4. The second-order valence-electron chi connectivity index (χ2n) is 6.94. The average molecular weight is 470 g/mol. The van der Waals surface area contributed by atoms with Crippen LogP contribution in [-0.2, 0) is 6.54 Å². The van der Waals surface area contributed by atoms with Crippen LogP contribution in [0.4, 0.5) is 20.7 Å². The Morgan fingerprint density at radius 1 is 0.938 bits per heavy atom. The van der Waals surface area contributed by atoms with Gasteiger partial charge in [-0.15, -0.1) is 0 Å². The van der Waals surface area contributed by atoms with E-state index in [2.05, 4.69) is 15.7 Å². The van der Waals surface area contributed by atoms with Gasteiger partial charge in [0.25, 0.3) is 0 Å². The fourth-order valence-corrected chi connectivity index (χ4v) is 3.34. The van der Waals surface area contributed by atoms with Gasteiger partial charge in [0, 0.05) is 22.2 Å². The van der Waals surface area contributed by atoms with E-state index < -0.39 is 6.03 Å². The number of benzene rings is 3. The van der Waals surface area contributed by atoms with E-state index in [9.17, 15) is 9.18 Å². The number of nitrogens with one attached hydrogen (secondary N) is 2. The zero-order valence-corrected chi connectivity index (χ0v) is 18.2. The van der Waals surface area contributed by atoms with Crippen LogP contribution in [0.15, 0.2) is 72.8 Å². The Balaban J connectivity index is 1.64. The molecule has 2 amide bonds. The summed E-state index contributed by atoms with van der Waals surface area (Å²) in [7, 11) is 0. The Morgan fingerprint density at radius 3 is 2.16 bits per heavy atom. The second-order valence-corrected chi connectivity index (χ2v) is 7.81. The maximum absolute atomic E-state index is 13.1. The number of nitrogen functional groups attached to an aromatic ring is 1. The third-order valence-electron chi connectivity index (χ3n) is 4.71. The molecule has 0 saturated heterocycles. The lowest BCUT2D eigenvalue weighted by atomic mass is 10.1. The zero-order chi connectivity index (χ0) is 22.7. The van der Waals surface area contributed by atoms with Gasteiger partial charge < -0.3 is 16.4 Å². The van der Waals surface area contributed by atoms with Crippen LogP contribution >= 0.6 is 23.2 Å². The van der Waals surface area contributed by atoms with E-state index in [1.807, 2.05) is 0 Å². The number of hydrogen-bond donors (Lipinski definition) is 3. The van der Waals surface area contributed by atoms with Gasteiger partial charge in [-0.3, -0.25) is 0 Å². The Bertz CT molecular complexity index is 1240. The number of nitrogens with two attached hydrogens (primary N) is 1. The van der Waals surface area contributed by atoms with E-state index in [0.717, 1.165) is 11.1 Å². The molecule has 0 saturated carbocycles. The number of rotatable bonds is 5. The summed E-state index contributed by atoms with van der Waals surface area (Å²) in [4.78, 5) is 12.6. The molecule has 0 radical (unpaired) electrons. The Morgan fingerprint density at radius 2 is 1.53 bits per heavy atom. The summed E-state index contributed by atoms with van der Waals surface area (Å²) < 4.78 is 14.6. The van der Waals surface area contributed by atoms with E-state index in [0.29, 0.717) is 27.1 Å². The van der Waals surface area contributed by atoms with Crippen molar-refractivity contribution in [1.29, 1.82) is 0 Å². The largest absolute Gasteiger partial charge is 0.382 e. The van der Waals surface area contributed by atoms with Crippen LogP contribution in [0.3, 0.4) is 0 Å². The summed E-state index contributed by atoms with van der Waals surface area (Å²) in [5.74, 6) is -0.0950. The van der Waals surface area contributed by atoms with Gasteiger partial charge in [-0.05, 0) is 54.1 Å². The minimum Gasteiger partial charge on any atom is -0.382 e. The molecule has 0 aliphatic rings. The average Bonchev–Trinajstić information content (AvgIpc) is 3.10. The number of hydrogen-bond acceptors (Lipinski definition) is 3. The first-order valence-electron chi connectivity index (χ1n) is 9.60. The SMILES string of the molecule is Nc1c(NC(=O)NCc2ccc(F)cc2)c(-c2ccc(Cl)cc2)nn1-c1ccc(Cl)cc1. The molecule has 1 aromatic heterocycles. The Labute approximate surface area is 193 Å². The van der Waals surface area contributed by atoms with Crippen LogP contribution in [0.2, 0.25) is 10.0 Å². The number of anilines is 2. The summed E-state index contributed by atoms with van der Waals surface area (Å²) in [6.45, 7) is 0.216. The lowest BCUT2D eigenvalue weighted by molar-refractivity contribution is 0.252. The van der Waals surface area contributed by atoms with Gasteiger partial charge in [0.15, 0.2) is 5.82 Å². The molecule has 0 atom stereocenters. The van der Waals surface area contributed by atoms with Gasteiger partial charge in [0.2, 0.25) is 0 Å². The van der Waals surface area contributed by atoms with Crippen molar-refractivity contribution in [3.05, 3.63) is 94.2 Å². The molecule has 0 aliphatic carbocycles. The van der Waals surface area contributed by atoms with Crippen LogP contribution in [-0.4, -0.2) is 15.8 Å². The Hall–Kier alpha value is -3.55. The van der Waals surface area contributed by atoms with Crippen LogP contribution in [0, 0.1) is 5.82 Å². The Kier molecular flexibility index (Phi) is 6.30. The number of carbonyl (C=O) groups excluding carboxylic acids is 1. The first-order valence-corrected chi connectivity index (χ1v) is 10.4. The third kappa shape index (κ3) is 4.85. The number of urea groups is 1. The van der Waals surface area contributed by atoms with Crippen LogP contribution in [0.25, 0.3) is 16.9 Å². The summed E-state index contributed by atoms with van der Waals surface area (Å²) in [5.41, 5.74) is 9.36. The number of halogens is 3. The molecule has 32 heavy (non-hydrogen) atoms. The quantitative estimate of drug-likeness (QED) is 0.340. The summed E-state index contributed by atoms with van der Waals surface area (Å²) in [6.07, 6.45) is 0. The first kappa shape index (κ1) is 21.7. The first-order chi connectivity index (χ1) is 15.4. The van der Waals surface area contributed by atoms with Crippen molar-refractivity contribution in [3.8, 4) is 16.9 Å². The standard InChI is InChI=1S/C23H18Cl2FN5O/c24-16-5-3-15(4-6-16)20-21(22(27)31(30-20)19-11-7-17(25)8-12-19)29-23(32)28-13-14-1-9-18(26)10-2-14/h1-12H,13,27H2,(H2,28,29,32). The fourth-order valence-electron chi connectivity index (χ4n) is 3.09. The molecule has 3 aromatic carbocycles. The molecule has 6 nitrogen and oxygen atoms in total. The van der Waals surface area contributed by atoms with Crippen LogP contribution < -0.4 is 16.4 Å². The summed E-state index contributed by atoms with van der Waals surface area (Å²) in [5, 5.41) is 11.3. The molecule has 4 rings (SSSR count). The van der Waals surface area contributed by atoms with Crippen molar-refractivity contribution in [2.75, 3.05) is 11.1 Å². The van der Waals surface area contributed by atoms with Gasteiger partial charge in [-0.25, -0.2) is 13.9 Å². The smallest absolute Gasteiger partial charge is 0.319 e. The van der Waals surface area contributed by atoms with Gasteiger partial charge in [0.1, 0.15) is 17.2 Å². The fraction of sp³-hybridized carbons (Fsp3) is 0.0435. The third-order valence-corrected chi connectivity index (χ3v) is 5.22. The predicted octanol–water partition coefficient (Wildman–Crippen LogP) is 5.89. The van der Waals surface area contributed by atoms with Crippen molar-refractivity contribution in [2.45, 2.75) is 6.54 Å². The molecule has 1 heterocycles. The van der Waals surface area contributed by atoms with Crippen molar-refractivity contribution < 1.29 is 9.18 Å². The number of carbonyl (C=O) groups is 1. The van der Waals surface area contributed by atoms with Gasteiger partial charge in [-0.1, -0.05) is 47.5 Å². The van der Waals surface area contributed by atoms with Crippen molar-refractivity contribution >= 4 is 40.7 Å². The molecular weight excluding hydrogens is 452 g/mol. The van der Waals surface area contributed by atoms with Gasteiger partial charge in [-0.2, -0.15) is 5.10 Å². The highest BCUT2D eigenvalue weighted by atomic mass is 35.5. The topological polar surface area (TPSA) is 85.0 Å². The molecule has 162 valence electrons. The molecule has 0 aliphatic heterocycles. The molecule has 0 fully saturated rings. The van der Waals surface area contributed by atoms with Crippen molar-refractivity contribution in [2.24, 2.45) is 0 Å². The van der Waals surface area contributed by atoms with Gasteiger partial charge >= 0.3 is 6.03 Å². The number of nitrogens with zero attached hydrogens (tertiary/aromatic N) is 2. The minimum absolute atomic E-state index is 0.216. The summed E-state index contributed by atoms with van der Waals surface area (Å²) >= 11 is 12.0. The highest BCUT2D eigenvalue weighted by Gasteiger charge is 2.20. The van der Waals surface area contributed by atoms with Crippen molar-refractivity contribution in [1.82, 2.24) is 15.1 Å².